The highest BCUT2D eigenvalue weighted by molar-refractivity contribution is 5.92. The van der Waals surface area contributed by atoms with Crippen LogP contribution in [-0.2, 0) is 4.79 Å². The first-order valence-corrected chi connectivity index (χ1v) is 6.52. The minimum atomic E-state index is -0.172. The van der Waals surface area contributed by atoms with Crippen molar-refractivity contribution >= 4 is 11.7 Å². The summed E-state index contributed by atoms with van der Waals surface area (Å²) in [5, 5.41) is 11.8. The molecule has 3 rings (SSSR count). The second-order valence-corrected chi connectivity index (χ2v) is 5.50. The highest BCUT2D eigenvalue weighted by Crippen LogP contribution is 2.58. The maximum atomic E-state index is 12.4. The summed E-state index contributed by atoms with van der Waals surface area (Å²) in [6.45, 7) is 0.760. The van der Waals surface area contributed by atoms with Gasteiger partial charge in [-0.2, -0.15) is 0 Å². The lowest BCUT2D eigenvalue weighted by Crippen LogP contribution is -2.45. The molecule has 5 nitrogen and oxygen atoms in total. The SMILES string of the molecule is NC(=NO)C1CCCN1C(=O)C1C2CCCC21. The second kappa shape index (κ2) is 3.89. The van der Waals surface area contributed by atoms with Crippen LogP contribution in [0, 0.1) is 17.8 Å². The molecule has 3 unspecified atom stereocenters. The van der Waals surface area contributed by atoms with Crippen molar-refractivity contribution in [3.8, 4) is 0 Å². The zero-order valence-electron chi connectivity index (χ0n) is 9.88. The van der Waals surface area contributed by atoms with E-state index in [1.165, 1.54) is 19.3 Å². The molecule has 0 aromatic heterocycles. The number of nitrogens with zero attached hydrogens (tertiary/aromatic N) is 2. The van der Waals surface area contributed by atoms with Gasteiger partial charge in [-0.15, -0.1) is 0 Å². The number of hydrogen-bond donors (Lipinski definition) is 2. The third kappa shape index (κ3) is 1.59. The molecule has 0 aromatic carbocycles. The van der Waals surface area contributed by atoms with Crippen molar-refractivity contribution < 1.29 is 10.0 Å². The van der Waals surface area contributed by atoms with Gasteiger partial charge in [0, 0.05) is 12.5 Å². The van der Waals surface area contributed by atoms with Crippen LogP contribution in [-0.4, -0.2) is 34.4 Å². The van der Waals surface area contributed by atoms with E-state index in [-0.39, 0.29) is 23.7 Å². The van der Waals surface area contributed by atoms with E-state index in [0.717, 1.165) is 19.4 Å². The molecule has 17 heavy (non-hydrogen) atoms. The summed E-state index contributed by atoms with van der Waals surface area (Å²) < 4.78 is 0. The summed E-state index contributed by atoms with van der Waals surface area (Å²) in [5.41, 5.74) is 5.65. The minimum absolute atomic E-state index is 0.172. The van der Waals surface area contributed by atoms with E-state index in [2.05, 4.69) is 5.16 Å². The lowest BCUT2D eigenvalue weighted by atomic mass is 10.1. The number of carbonyl (C=O) groups is 1. The highest BCUT2D eigenvalue weighted by atomic mass is 16.4. The second-order valence-electron chi connectivity index (χ2n) is 5.50. The summed E-state index contributed by atoms with van der Waals surface area (Å²) in [5.74, 6) is 1.94. The van der Waals surface area contributed by atoms with Gasteiger partial charge in [-0.3, -0.25) is 4.79 Å². The van der Waals surface area contributed by atoms with Gasteiger partial charge in [0.15, 0.2) is 5.84 Å². The molecule has 3 aliphatic rings. The molecular formula is C12H19N3O2. The smallest absolute Gasteiger partial charge is 0.226 e. The third-order valence-electron chi connectivity index (χ3n) is 4.68. The molecule has 5 heteroatoms. The number of carbonyl (C=O) groups excluding carboxylic acids is 1. The van der Waals surface area contributed by atoms with Gasteiger partial charge >= 0.3 is 0 Å². The maximum absolute atomic E-state index is 12.4. The van der Waals surface area contributed by atoms with Crippen LogP contribution < -0.4 is 5.73 Å². The molecule has 2 saturated carbocycles. The Kier molecular flexibility index (Phi) is 2.49. The number of amidine groups is 1. The molecule has 1 amide bonds. The lowest BCUT2D eigenvalue weighted by molar-refractivity contribution is -0.133. The fraction of sp³-hybridized carbons (Fsp3) is 0.833. The number of hydrogen-bond acceptors (Lipinski definition) is 3. The molecule has 1 heterocycles. The van der Waals surface area contributed by atoms with Gasteiger partial charge in [0.2, 0.25) is 5.91 Å². The number of oxime groups is 1. The first kappa shape index (κ1) is 10.9. The first-order valence-electron chi connectivity index (χ1n) is 6.52. The average Bonchev–Trinajstić information content (AvgIpc) is 2.80. The van der Waals surface area contributed by atoms with Crippen LogP contribution in [0.3, 0.4) is 0 Å². The topological polar surface area (TPSA) is 78.9 Å². The molecule has 94 valence electrons. The molecule has 3 fully saturated rings. The zero-order valence-corrected chi connectivity index (χ0v) is 9.88. The van der Waals surface area contributed by atoms with Crippen molar-refractivity contribution in [1.29, 1.82) is 0 Å². The molecule has 3 N–H and O–H groups in total. The van der Waals surface area contributed by atoms with E-state index in [0.29, 0.717) is 11.8 Å². The fourth-order valence-electron chi connectivity index (χ4n) is 3.78. The van der Waals surface area contributed by atoms with Crippen LogP contribution in [0.1, 0.15) is 32.1 Å². The van der Waals surface area contributed by atoms with Crippen LogP contribution in [0.5, 0.6) is 0 Å². The first-order chi connectivity index (χ1) is 8.24. The number of likely N-dealkylation sites (tertiary alicyclic amines) is 1. The predicted octanol–water partition coefficient (Wildman–Crippen LogP) is 0.770. The van der Waals surface area contributed by atoms with E-state index >= 15 is 0 Å². The van der Waals surface area contributed by atoms with Crippen molar-refractivity contribution in [2.24, 2.45) is 28.6 Å². The van der Waals surface area contributed by atoms with Crippen LogP contribution in [0.15, 0.2) is 5.16 Å². The minimum Gasteiger partial charge on any atom is -0.409 e. The monoisotopic (exact) mass is 237 g/mol. The number of amides is 1. The summed E-state index contributed by atoms with van der Waals surface area (Å²) in [4.78, 5) is 14.2. The van der Waals surface area contributed by atoms with Crippen LogP contribution in [0.4, 0.5) is 0 Å². The zero-order chi connectivity index (χ0) is 12.0. The van der Waals surface area contributed by atoms with E-state index in [1.54, 1.807) is 0 Å². The summed E-state index contributed by atoms with van der Waals surface area (Å²) in [6.07, 6.45) is 5.48. The Bertz CT molecular complexity index is 359. The maximum Gasteiger partial charge on any atom is 0.226 e. The van der Waals surface area contributed by atoms with Crippen molar-refractivity contribution in [2.45, 2.75) is 38.1 Å². The quantitative estimate of drug-likeness (QED) is 0.322. The van der Waals surface area contributed by atoms with Crippen molar-refractivity contribution in [3.63, 3.8) is 0 Å². The fourth-order valence-corrected chi connectivity index (χ4v) is 3.78. The normalized spacial score (nSPS) is 40.5. The number of nitrogens with two attached hydrogens (primary N) is 1. The number of fused-ring (bicyclic) bond motifs is 1. The Morgan fingerprint density at radius 2 is 1.94 bits per heavy atom. The van der Waals surface area contributed by atoms with Crippen molar-refractivity contribution in [3.05, 3.63) is 0 Å². The van der Waals surface area contributed by atoms with E-state index in [9.17, 15) is 4.79 Å². The van der Waals surface area contributed by atoms with Gasteiger partial charge in [0.1, 0.15) is 0 Å². The largest absolute Gasteiger partial charge is 0.409 e. The molecule has 1 saturated heterocycles. The third-order valence-corrected chi connectivity index (χ3v) is 4.68. The molecule has 0 radical (unpaired) electrons. The van der Waals surface area contributed by atoms with E-state index in [4.69, 9.17) is 10.9 Å². The average molecular weight is 237 g/mol. The van der Waals surface area contributed by atoms with E-state index in [1.807, 2.05) is 4.90 Å². The Hall–Kier alpha value is -1.26. The van der Waals surface area contributed by atoms with Gasteiger partial charge in [-0.1, -0.05) is 11.6 Å². The Morgan fingerprint density at radius 3 is 2.59 bits per heavy atom. The van der Waals surface area contributed by atoms with Crippen LogP contribution in [0.25, 0.3) is 0 Å². The van der Waals surface area contributed by atoms with Gasteiger partial charge < -0.3 is 15.8 Å². The predicted molar refractivity (Wildman–Crippen MR) is 62.5 cm³/mol. The van der Waals surface area contributed by atoms with Crippen molar-refractivity contribution in [1.82, 2.24) is 4.90 Å². The Balaban J connectivity index is 1.69. The van der Waals surface area contributed by atoms with Gasteiger partial charge in [0.05, 0.1) is 6.04 Å². The standard InChI is InChI=1S/C12H19N3O2/c13-11(14-17)9-5-2-6-15(9)12(16)10-7-3-1-4-8(7)10/h7-10,17H,1-6H2,(H2,13,14). The molecule has 0 bridgehead atoms. The molecule has 2 aliphatic carbocycles. The van der Waals surface area contributed by atoms with Gasteiger partial charge in [-0.05, 0) is 37.5 Å². The number of rotatable bonds is 2. The lowest BCUT2D eigenvalue weighted by Gasteiger charge is -2.24. The van der Waals surface area contributed by atoms with Crippen LogP contribution in [0.2, 0.25) is 0 Å². The molecule has 0 spiro atoms. The highest BCUT2D eigenvalue weighted by Gasteiger charge is 2.58. The Morgan fingerprint density at radius 1 is 1.24 bits per heavy atom. The van der Waals surface area contributed by atoms with Crippen molar-refractivity contribution in [2.75, 3.05) is 6.54 Å². The van der Waals surface area contributed by atoms with Gasteiger partial charge in [-0.25, -0.2) is 0 Å². The molecule has 3 atom stereocenters. The Labute approximate surface area is 101 Å². The molecular weight excluding hydrogens is 218 g/mol. The van der Waals surface area contributed by atoms with Gasteiger partial charge in [0.25, 0.3) is 0 Å². The summed E-state index contributed by atoms with van der Waals surface area (Å²) in [7, 11) is 0. The summed E-state index contributed by atoms with van der Waals surface area (Å²) in [6, 6.07) is -0.172. The molecule has 1 aliphatic heterocycles. The van der Waals surface area contributed by atoms with Crippen LogP contribution >= 0.6 is 0 Å². The van der Waals surface area contributed by atoms with E-state index < -0.39 is 0 Å². The molecule has 0 aromatic rings. The summed E-state index contributed by atoms with van der Waals surface area (Å²) >= 11 is 0.